The number of imidazole rings is 1. The number of carbonyl (C=O) groups is 1. The lowest BCUT2D eigenvalue weighted by atomic mass is 10.3. The highest BCUT2D eigenvalue weighted by Crippen LogP contribution is 2.24. The van der Waals surface area contributed by atoms with Crippen molar-refractivity contribution in [1.29, 1.82) is 0 Å². The summed E-state index contributed by atoms with van der Waals surface area (Å²) >= 11 is 1.53. The first-order valence-corrected chi connectivity index (χ1v) is 12.8. The van der Waals surface area contributed by atoms with E-state index in [4.69, 9.17) is 9.47 Å². The maximum absolute atomic E-state index is 13.0. The van der Waals surface area contributed by atoms with Crippen LogP contribution in [0.25, 0.3) is 17.1 Å². The molecule has 3 aromatic rings. The zero-order chi connectivity index (χ0) is 22.6. The third-order valence-electron chi connectivity index (χ3n) is 5.12. The smallest absolute Gasteiger partial charge is 0.331 e. The molecule has 0 unspecified atom stereocenters. The van der Waals surface area contributed by atoms with E-state index in [1.54, 1.807) is 24.3 Å². The summed E-state index contributed by atoms with van der Waals surface area (Å²) in [6, 6.07) is 8.80. The van der Waals surface area contributed by atoms with Crippen LogP contribution < -0.4 is 0 Å². The third kappa shape index (κ3) is 4.93. The van der Waals surface area contributed by atoms with E-state index in [9.17, 15) is 13.2 Å². The summed E-state index contributed by atoms with van der Waals surface area (Å²) in [6.07, 6.45) is 3.97. The number of morpholine rings is 1. The highest BCUT2D eigenvalue weighted by atomic mass is 32.2. The van der Waals surface area contributed by atoms with Crippen molar-refractivity contribution in [1.82, 2.24) is 13.9 Å². The van der Waals surface area contributed by atoms with Crippen molar-refractivity contribution >= 4 is 44.4 Å². The van der Waals surface area contributed by atoms with E-state index in [2.05, 4.69) is 4.98 Å². The standard InChI is InChI=1S/C22H25N3O5S2/c1-2-9-25-20-7-6-18(32(27,28)24-10-12-29-13-11-24)15-19(20)23-21(25)16-30-22(26)8-5-17-4-3-14-31-17/h3-8,14-15H,2,9-13,16H2,1H3/b8-5+. The average molecular weight is 476 g/mol. The van der Waals surface area contributed by atoms with E-state index in [0.29, 0.717) is 44.2 Å². The molecular weight excluding hydrogens is 450 g/mol. The number of thiophene rings is 1. The molecule has 8 nitrogen and oxygen atoms in total. The normalized spacial score (nSPS) is 15.5. The minimum Gasteiger partial charge on any atom is -0.454 e. The van der Waals surface area contributed by atoms with Gasteiger partial charge in [0.1, 0.15) is 12.4 Å². The van der Waals surface area contributed by atoms with Gasteiger partial charge < -0.3 is 14.0 Å². The number of rotatable bonds is 8. The molecule has 10 heteroatoms. The number of aryl methyl sites for hydroxylation is 1. The molecule has 0 N–H and O–H groups in total. The van der Waals surface area contributed by atoms with Gasteiger partial charge in [-0.1, -0.05) is 13.0 Å². The average Bonchev–Trinajstić information content (AvgIpc) is 3.45. The molecule has 2 aromatic heterocycles. The number of hydrogen-bond donors (Lipinski definition) is 0. The molecule has 0 spiro atoms. The highest BCUT2D eigenvalue weighted by Gasteiger charge is 2.27. The van der Waals surface area contributed by atoms with Gasteiger partial charge in [-0.05, 0) is 42.1 Å². The third-order valence-corrected chi connectivity index (χ3v) is 7.86. The van der Waals surface area contributed by atoms with Crippen molar-refractivity contribution in [3.8, 4) is 0 Å². The quantitative estimate of drug-likeness (QED) is 0.367. The Hall–Kier alpha value is -2.53. The van der Waals surface area contributed by atoms with Crippen LogP contribution in [-0.2, 0) is 37.4 Å². The molecule has 0 aliphatic carbocycles. The SMILES string of the molecule is CCCn1c(COC(=O)/C=C/c2cccs2)nc2cc(S(=O)(=O)N3CCOCC3)ccc21. The first-order valence-electron chi connectivity index (χ1n) is 10.4. The molecule has 3 heterocycles. The van der Waals surface area contributed by atoms with Gasteiger partial charge in [0.05, 0.1) is 29.1 Å². The summed E-state index contributed by atoms with van der Waals surface area (Å²) in [6.45, 7) is 4.20. The molecule has 0 radical (unpaired) electrons. The van der Waals surface area contributed by atoms with Gasteiger partial charge >= 0.3 is 5.97 Å². The summed E-state index contributed by atoms with van der Waals surface area (Å²) in [5.74, 6) is 0.129. The largest absolute Gasteiger partial charge is 0.454 e. The minimum atomic E-state index is -3.61. The number of hydrogen-bond acceptors (Lipinski definition) is 7. The van der Waals surface area contributed by atoms with Crippen LogP contribution in [0.5, 0.6) is 0 Å². The fraction of sp³-hybridized carbons (Fsp3) is 0.364. The maximum atomic E-state index is 13.0. The zero-order valence-corrected chi connectivity index (χ0v) is 19.4. The zero-order valence-electron chi connectivity index (χ0n) is 17.8. The summed E-state index contributed by atoms with van der Waals surface area (Å²) in [5, 5.41) is 1.94. The van der Waals surface area contributed by atoms with E-state index >= 15 is 0 Å². The van der Waals surface area contributed by atoms with Crippen molar-refractivity contribution in [3.63, 3.8) is 0 Å². The maximum Gasteiger partial charge on any atom is 0.331 e. The topological polar surface area (TPSA) is 90.7 Å². The van der Waals surface area contributed by atoms with Gasteiger partial charge in [-0.15, -0.1) is 11.3 Å². The first kappa shape index (κ1) is 22.7. The van der Waals surface area contributed by atoms with Crippen LogP contribution in [0.15, 0.2) is 46.7 Å². The molecule has 170 valence electrons. The lowest BCUT2D eigenvalue weighted by Gasteiger charge is -2.26. The molecule has 1 aromatic carbocycles. The second-order valence-electron chi connectivity index (χ2n) is 7.30. The molecule has 1 aliphatic rings. The molecule has 1 aliphatic heterocycles. The molecule has 0 bridgehead atoms. The Morgan fingerprint density at radius 2 is 2.09 bits per heavy atom. The van der Waals surface area contributed by atoms with Crippen LogP contribution in [0.4, 0.5) is 0 Å². The monoisotopic (exact) mass is 475 g/mol. The van der Waals surface area contributed by atoms with Gasteiger partial charge in [0.2, 0.25) is 10.0 Å². The molecule has 4 rings (SSSR count). The molecule has 0 saturated carbocycles. The number of benzene rings is 1. The number of fused-ring (bicyclic) bond motifs is 1. The van der Waals surface area contributed by atoms with E-state index in [-0.39, 0.29) is 11.5 Å². The number of ether oxygens (including phenoxy) is 2. The van der Waals surface area contributed by atoms with E-state index in [1.165, 1.54) is 21.7 Å². The molecule has 32 heavy (non-hydrogen) atoms. The van der Waals surface area contributed by atoms with E-state index < -0.39 is 16.0 Å². The lowest BCUT2D eigenvalue weighted by molar-refractivity contribution is -0.139. The van der Waals surface area contributed by atoms with Crippen molar-refractivity contribution in [3.05, 3.63) is 52.5 Å². The fourth-order valence-corrected chi connectivity index (χ4v) is 5.61. The van der Waals surface area contributed by atoms with Crippen LogP contribution in [0.3, 0.4) is 0 Å². The Balaban J connectivity index is 1.56. The molecule has 0 atom stereocenters. The summed E-state index contributed by atoms with van der Waals surface area (Å²) in [5.41, 5.74) is 1.38. The molecule has 0 amide bonds. The Kier molecular flexibility index (Phi) is 7.04. The Bertz CT molecular complexity index is 1210. The number of esters is 1. The van der Waals surface area contributed by atoms with Gasteiger partial charge in [-0.25, -0.2) is 18.2 Å². The molecule has 1 saturated heterocycles. The number of aromatic nitrogens is 2. The Morgan fingerprint density at radius 1 is 1.28 bits per heavy atom. The van der Waals surface area contributed by atoms with Crippen molar-refractivity contribution in [2.45, 2.75) is 31.4 Å². The fourth-order valence-electron chi connectivity index (χ4n) is 3.56. The van der Waals surface area contributed by atoms with Crippen LogP contribution >= 0.6 is 11.3 Å². The van der Waals surface area contributed by atoms with Crippen molar-refractivity contribution in [2.24, 2.45) is 0 Å². The van der Waals surface area contributed by atoms with Gasteiger partial charge in [-0.3, -0.25) is 0 Å². The number of nitrogens with zero attached hydrogens (tertiary/aromatic N) is 3. The van der Waals surface area contributed by atoms with Crippen LogP contribution in [-0.4, -0.2) is 54.5 Å². The van der Waals surface area contributed by atoms with Gasteiger partial charge in [0.15, 0.2) is 0 Å². The Labute approximate surface area is 191 Å². The van der Waals surface area contributed by atoms with Gasteiger partial charge in [0, 0.05) is 30.6 Å². The minimum absolute atomic E-state index is 0.00778. The summed E-state index contributed by atoms with van der Waals surface area (Å²) in [7, 11) is -3.61. The highest BCUT2D eigenvalue weighted by molar-refractivity contribution is 7.89. The van der Waals surface area contributed by atoms with E-state index in [0.717, 1.165) is 16.8 Å². The van der Waals surface area contributed by atoms with E-state index in [1.807, 2.05) is 29.0 Å². The van der Waals surface area contributed by atoms with Crippen LogP contribution in [0, 0.1) is 0 Å². The molecule has 1 fully saturated rings. The number of sulfonamides is 1. The molecular formula is C22H25N3O5S2. The second-order valence-corrected chi connectivity index (χ2v) is 10.2. The first-order chi connectivity index (χ1) is 15.5. The summed E-state index contributed by atoms with van der Waals surface area (Å²) in [4.78, 5) is 17.9. The van der Waals surface area contributed by atoms with Crippen molar-refractivity contribution < 1.29 is 22.7 Å². The van der Waals surface area contributed by atoms with Crippen LogP contribution in [0.2, 0.25) is 0 Å². The van der Waals surface area contributed by atoms with Crippen LogP contribution in [0.1, 0.15) is 24.0 Å². The van der Waals surface area contributed by atoms with Gasteiger partial charge in [-0.2, -0.15) is 4.31 Å². The second kappa shape index (κ2) is 9.95. The summed E-state index contributed by atoms with van der Waals surface area (Å²) < 4.78 is 40.0. The van der Waals surface area contributed by atoms with Gasteiger partial charge in [0.25, 0.3) is 0 Å². The predicted molar refractivity (Wildman–Crippen MR) is 123 cm³/mol. The van der Waals surface area contributed by atoms with Crippen molar-refractivity contribution in [2.75, 3.05) is 26.3 Å². The Morgan fingerprint density at radius 3 is 2.81 bits per heavy atom. The number of carbonyl (C=O) groups excluding carboxylic acids is 1. The predicted octanol–water partition coefficient (Wildman–Crippen LogP) is 3.29. The lowest BCUT2D eigenvalue weighted by Crippen LogP contribution is -2.40.